The molecule has 1 aliphatic rings. The molecule has 0 aromatic carbocycles. The van der Waals surface area contributed by atoms with Crippen LogP contribution in [0.25, 0.3) is 0 Å². The zero-order valence-corrected chi connectivity index (χ0v) is 9.93. The molecule has 0 aliphatic carbocycles. The maximum Gasteiger partial charge on any atom is -0.00187 e. The van der Waals surface area contributed by atoms with Crippen molar-refractivity contribution in [1.29, 1.82) is 0 Å². The van der Waals surface area contributed by atoms with Gasteiger partial charge < -0.3 is 4.90 Å². The molecular formula is C10H22BrN. The van der Waals surface area contributed by atoms with E-state index in [2.05, 4.69) is 11.8 Å². The average molecular weight is 236 g/mol. The van der Waals surface area contributed by atoms with Gasteiger partial charge in [-0.2, -0.15) is 0 Å². The van der Waals surface area contributed by atoms with Crippen LogP contribution in [-0.2, 0) is 0 Å². The second-order valence-electron chi connectivity index (χ2n) is 3.61. The summed E-state index contributed by atoms with van der Waals surface area (Å²) in [6, 6.07) is 0. The minimum absolute atomic E-state index is 0. The van der Waals surface area contributed by atoms with Gasteiger partial charge in [0.1, 0.15) is 0 Å². The number of hydrogen-bond donors (Lipinski definition) is 0. The summed E-state index contributed by atoms with van der Waals surface area (Å²) in [5, 5.41) is 0. The first-order valence-electron chi connectivity index (χ1n) is 5.16. The maximum absolute atomic E-state index is 2.62. The standard InChI is InChI=1S/C10H21N.BrH/c1-2-3-5-8-11-9-6-4-7-10-11;/h2-10H2,1H3;1H. The van der Waals surface area contributed by atoms with Crippen molar-refractivity contribution in [1.82, 2.24) is 4.90 Å². The van der Waals surface area contributed by atoms with Crippen molar-refractivity contribution < 1.29 is 0 Å². The van der Waals surface area contributed by atoms with Crippen LogP contribution in [0.3, 0.4) is 0 Å². The number of hydrogen-bond acceptors (Lipinski definition) is 1. The highest BCUT2D eigenvalue weighted by atomic mass is 79.9. The predicted molar refractivity (Wildman–Crippen MR) is 60.1 cm³/mol. The summed E-state index contributed by atoms with van der Waals surface area (Å²) in [6.07, 6.45) is 8.52. The van der Waals surface area contributed by atoms with E-state index >= 15 is 0 Å². The number of piperidine rings is 1. The van der Waals surface area contributed by atoms with Crippen LogP contribution in [0, 0.1) is 0 Å². The third-order valence-electron chi connectivity index (χ3n) is 2.53. The first-order chi connectivity index (χ1) is 5.43. The quantitative estimate of drug-likeness (QED) is 0.677. The molecule has 1 fully saturated rings. The summed E-state index contributed by atoms with van der Waals surface area (Å²) in [5.74, 6) is 0. The molecule has 1 nitrogen and oxygen atoms in total. The zero-order chi connectivity index (χ0) is 7.94. The van der Waals surface area contributed by atoms with Crippen LogP contribution in [0.1, 0.15) is 45.4 Å². The third kappa shape index (κ3) is 5.15. The van der Waals surface area contributed by atoms with Crippen molar-refractivity contribution in [3.05, 3.63) is 0 Å². The van der Waals surface area contributed by atoms with Gasteiger partial charge in [0.2, 0.25) is 0 Å². The van der Waals surface area contributed by atoms with Gasteiger partial charge in [-0.3, -0.25) is 0 Å². The number of halogens is 1. The first-order valence-corrected chi connectivity index (χ1v) is 5.16. The lowest BCUT2D eigenvalue weighted by Gasteiger charge is -2.26. The van der Waals surface area contributed by atoms with Crippen molar-refractivity contribution >= 4 is 17.0 Å². The summed E-state index contributed by atoms with van der Waals surface area (Å²) in [5.41, 5.74) is 0. The average Bonchev–Trinajstić information content (AvgIpc) is 2.07. The summed E-state index contributed by atoms with van der Waals surface area (Å²) in [7, 11) is 0. The Labute approximate surface area is 87.3 Å². The minimum atomic E-state index is 0. The Balaban J connectivity index is 0.00000121. The molecule has 0 unspecified atom stereocenters. The van der Waals surface area contributed by atoms with Crippen molar-refractivity contribution in [2.75, 3.05) is 19.6 Å². The van der Waals surface area contributed by atoms with E-state index < -0.39 is 0 Å². The molecule has 0 aromatic heterocycles. The van der Waals surface area contributed by atoms with Gasteiger partial charge in [-0.25, -0.2) is 0 Å². The highest BCUT2D eigenvalue weighted by Crippen LogP contribution is 2.09. The van der Waals surface area contributed by atoms with E-state index in [-0.39, 0.29) is 17.0 Å². The van der Waals surface area contributed by atoms with E-state index in [0.717, 1.165) is 0 Å². The van der Waals surface area contributed by atoms with Crippen molar-refractivity contribution in [2.45, 2.75) is 45.4 Å². The van der Waals surface area contributed by atoms with E-state index in [1.807, 2.05) is 0 Å². The number of likely N-dealkylation sites (tertiary alicyclic amines) is 1. The van der Waals surface area contributed by atoms with Crippen LogP contribution in [-0.4, -0.2) is 24.5 Å². The molecule has 0 N–H and O–H groups in total. The molecule has 0 amide bonds. The van der Waals surface area contributed by atoms with E-state index in [0.29, 0.717) is 0 Å². The van der Waals surface area contributed by atoms with Crippen molar-refractivity contribution in [2.24, 2.45) is 0 Å². The van der Waals surface area contributed by atoms with E-state index in [1.165, 1.54) is 58.2 Å². The summed E-state index contributed by atoms with van der Waals surface area (Å²) in [6.45, 7) is 6.36. The second-order valence-corrected chi connectivity index (χ2v) is 3.61. The van der Waals surface area contributed by atoms with Gasteiger partial charge in [-0.1, -0.05) is 26.2 Å². The highest BCUT2D eigenvalue weighted by Gasteiger charge is 2.08. The molecule has 1 aliphatic heterocycles. The molecule has 0 saturated carbocycles. The van der Waals surface area contributed by atoms with Crippen LogP contribution in [0.5, 0.6) is 0 Å². The molecule has 0 aromatic rings. The minimum Gasteiger partial charge on any atom is -0.303 e. The molecule has 1 heterocycles. The van der Waals surface area contributed by atoms with Gasteiger partial charge in [0.15, 0.2) is 0 Å². The van der Waals surface area contributed by atoms with Gasteiger partial charge in [0, 0.05) is 0 Å². The fourth-order valence-corrected chi connectivity index (χ4v) is 1.77. The van der Waals surface area contributed by atoms with Crippen LogP contribution in [0.4, 0.5) is 0 Å². The molecule has 2 heteroatoms. The number of unbranched alkanes of at least 4 members (excludes halogenated alkanes) is 2. The molecule has 0 bridgehead atoms. The van der Waals surface area contributed by atoms with E-state index in [9.17, 15) is 0 Å². The van der Waals surface area contributed by atoms with E-state index in [4.69, 9.17) is 0 Å². The molecule has 0 spiro atoms. The summed E-state index contributed by atoms with van der Waals surface area (Å²) >= 11 is 0. The molecule has 1 saturated heterocycles. The number of nitrogens with zero attached hydrogens (tertiary/aromatic N) is 1. The molecule has 12 heavy (non-hydrogen) atoms. The lowest BCUT2D eigenvalue weighted by atomic mass is 10.1. The highest BCUT2D eigenvalue weighted by molar-refractivity contribution is 8.93. The summed E-state index contributed by atoms with van der Waals surface area (Å²) < 4.78 is 0. The zero-order valence-electron chi connectivity index (χ0n) is 8.22. The Bertz CT molecular complexity index is 89.8. The third-order valence-corrected chi connectivity index (χ3v) is 2.53. The topological polar surface area (TPSA) is 3.24 Å². The monoisotopic (exact) mass is 235 g/mol. The van der Waals surface area contributed by atoms with Gasteiger partial charge >= 0.3 is 0 Å². The Hall–Kier alpha value is 0.440. The number of rotatable bonds is 4. The second kappa shape index (κ2) is 8.06. The molecule has 0 atom stereocenters. The van der Waals surface area contributed by atoms with Crippen LogP contribution in [0.15, 0.2) is 0 Å². The van der Waals surface area contributed by atoms with Gasteiger partial charge in [-0.15, -0.1) is 17.0 Å². The Morgan fingerprint density at radius 1 is 1.00 bits per heavy atom. The lowest BCUT2D eigenvalue weighted by Crippen LogP contribution is -2.30. The fraction of sp³-hybridized carbons (Fsp3) is 1.00. The molecule has 1 rings (SSSR count). The largest absolute Gasteiger partial charge is 0.303 e. The smallest absolute Gasteiger partial charge is 0.00187 e. The van der Waals surface area contributed by atoms with Crippen molar-refractivity contribution in [3.63, 3.8) is 0 Å². The van der Waals surface area contributed by atoms with Crippen LogP contribution < -0.4 is 0 Å². The normalized spacial score (nSPS) is 18.8. The Kier molecular flexibility index (Phi) is 8.35. The SMILES string of the molecule is Br.CCCCCN1CCCCC1. The van der Waals surface area contributed by atoms with Gasteiger partial charge in [0.05, 0.1) is 0 Å². The van der Waals surface area contributed by atoms with E-state index in [1.54, 1.807) is 0 Å². The molecular weight excluding hydrogens is 214 g/mol. The summed E-state index contributed by atoms with van der Waals surface area (Å²) in [4.78, 5) is 2.62. The van der Waals surface area contributed by atoms with Crippen LogP contribution >= 0.6 is 17.0 Å². The molecule has 74 valence electrons. The fourth-order valence-electron chi connectivity index (χ4n) is 1.77. The lowest BCUT2D eigenvalue weighted by molar-refractivity contribution is 0.224. The first kappa shape index (κ1) is 12.4. The Morgan fingerprint density at radius 3 is 2.25 bits per heavy atom. The Morgan fingerprint density at radius 2 is 1.67 bits per heavy atom. The van der Waals surface area contributed by atoms with Gasteiger partial charge in [0.25, 0.3) is 0 Å². The molecule has 0 radical (unpaired) electrons. The van der Waals surface area contributed by atoms with Crippen molar-refractivity contribution in [3.8, 4) is 0 Å². The van der Waals surface area contributed by atoms with Crippen LogP contribution in [0.2, 0.25) is 0 Å². The van der Waals surface area contributed by atoms with Gasteiger partial charge in [-0.05, 0) is 38.9 Å². The predicted octanol–water partition coefficient (Wildman–Crippen LogP) is 3.24. The maximum atomic E-state index is 2.62.